The summed E-state index contributed by atoms with van der Waals surface area (Å²) >= 11 is 1.37. The van der Waals surface area contributed by atoms with Crippen LogP contribution in [0.1, 0.15) is 16.8 Å². The van der Waals surface area contributed by atoms with Crippen LogP contribution in [0, 0.1) is 25.5 Å². The van der Waals surface area contributed by atoms with Crippen molar-refractivity contribution < 1.29 is 8.78 Å². The Morgan fingerprint density at radius 2 is 2.11 bits per heavy atom. The van der Waals surface area contributed by atoms with Crippen molar-refractivity contribution >= 4 is 22.7 Å². The number of nitrogens with zero attached hydrogens (tertiary/aromatic N) is 2. The van der Waals surface area contributed by atoms with E-state index in [2.05, 4.69) is 15.5 Å². The van der Waals surface area contributed by atoms with Gasteiger partial charge in [0.1, 0.15) is 11.6 Å². The molecule has 6 heteroatoms. The predicted molar refractivity (Wildman–Crippen MR) is 69.2 cm³/mol. The van der Waals surface area contributed by atoms with Gasteiger partial charge in [-0.25, -0.2) is 13.8 Å². The number of nitrogens with one attached hydrogen (secondary N) is 1. The number of benzene rings is 1. The van der Waals surface area contributed by atoms with Crippen LogP contribution in [0.4, 0.5) is 13.9 Å². The molecule has 0 saturated heterocycles. The van der Waals surface area contributed by atoms with Gasteiger partial charge in [0.2, 0.25) is 5.13 Å². The van der Waals surface area contributed by atoms with Gasteiger partial charge in [-0.3, -0.25) is 5.43 Å². The molecule has 0 aliphatic rings. The SMILES string of the molecule is Cc1csc(NN=Cc2c(F)ccc(C)c2F)n1. The molecule has 1 aromatic heterocycles. The van der Waals surface area contributed by atoms with Crippen LogP contribution in [0.15, 0.2) is 22.6 Å². The topological polar surface area (TPSA) is 37.3 Å². The number of hydrogen-bond acceptors (Lipinski definition) is 4. The van der Waals surface area contributed by atoms with Crippen LogP contribution in [0.2, 0.25) is 0 Å². The van der Waals surface area contributed by atoms with Gasteiger partial charge in [0, 0.05) is 5.38 Å². The number of hydrazone groups is 1. The van der Waals surface area contributed by atoms with Crippen molar-refractivity contribution in [2.75, 3.05) is 5.43 Å². The molecule has 0 saturated carbocycles. The van der Waals surface area contributed by atoms with Crippen LogP contribution in [0.25, 0.3) is 0 Å². The Kier molecular flexibility index (Phi) is 3.66. The predicted octanol–water partition coefficient (Wildman–Crippen LogP) is 3.48. The lowest BCUT2D eigenvalue weighted by Crippen LogP contribution is -1.98. The fraction of sp³-hybridized carbons (Fsp3) is 0.167. The van der Waals surface area contributed by atoms with Gasteiger partial charge in [-0.1, -0.05) is 6.07 Å². The largest absolute Gasteiger partial charge is 0.253 e. The van der Waals surface area contributed by atoms with Crippen molar-refractivity contribution in [1.82, 2.24) is 4.98 Å². The number of thiazole rings is 1. The van der Waals surface area contributed by atoms with Crippen molar-refractivity contribution in [2.45, 2.75) is 13.8 Å². The lowest BCUT2D eigenvalue weighted by Gasteiger charge is -2.01. The first-order valence-electron chi connectivity index (χ1n) is 5.23. The smallest absolute Gasteiger partial charge is 0.203 e. The molecule has 0 radical (unpaired) electrons. The van der Waals surface area contributed by atoms with Crippen LogP contribution in [-0.2, 0) is 0 Å². The van der Waals surface area contributed by atoms with E-state index in [1.165, 1.54) is 23.5 Å². The van der Waals surface area contributed by atoms with E-state index < -0.39 is 11.6 Å². The Morgan fingerprint density at radius 1 is 1.33 bits per heavy atom. The lowest BCUT2D eigenvalue weighted by molar-refractivity contribution is 0.574. The molecule has 0 spiro atoms. The zero-order valence-electron chi connectivity index (χ0n) is 9.87. The summed E-state index contributed by atoms with van der Waals surface area (Å²) in [5, 5.41) is 6.21. The summed E-state index contributed by atoms with van der Waals surface area (Å²) < 4.78 is 27.0. The third-order valence-electron chi connectivity index (χ3n) is 2.29. The van der Waals surface area contributed by atoms with Gasteiger partial charge < -0.3 is 0 Å². The summed E-state index contributed by atoms with van der Waals surface area (Å²) in [6.45, 7) is 3.43. The highest BCUT2D eigenvalue weighted by Crippen LogP contribution is 2.16. The monoisotopic (exact) mass is 267 g/mol. The maximum absolute atomic E-state index is 13.6. The van der Waals surface area contributed by atoms with E-state index in [-0.39, 0.29) is 5.56 Å². The molecular weight excluding hydrogens is 256 g/mol. The number of anilines is 1. The first-order valence-corrected chi connectivity index (χ1v) is 6.11. The lowest BCUT2D eigenvalue weighted by atomic mass is 10.1. The molecule has 0 aliphatic carbocycles. The second-order valence-electron chi connectivity index (χ2n) is 3.76. The van der Waals surface area contributed by atoms with Crippen LogP contribution < -0.4 is 5.43 Å². The molecule has 0 aliphatic heterocycles. The van der Waals surface area contributed by atoms with E-state index in [0.717, 1.165) is 11.9 Å². The third-order valence-corrected chi connectivity index (χ3v) is 3.16. The molecule has 1 aromatic carbocycles. The number of halogens is 2. The summed E-state index contributed by atoms with van der Waals surface area (Å²) in [6.07, 6.45) is 1.12. The van der Waals surface area contributed by atoms with Gasteiger partial charge in [0.15, 0.2) is 0 Å². The minimum atomic E-state index is -0.640. The average molecular weight is 267 g/mol. The maximum Gasteiger partial charge on any atom is 0.203 e. The molecule has 2 rings (SSSR count). The molecule has 0 amide bonds. The zero-order valence-corrected chi connectivity index (χ0v) is 10.7. The second kappa shape index (κ2) is 5.22. The molecule has 0 unspecified atom stereocenters. The van der Waals surface area contributed by atoms with Gasteiger partial charge in [0.05, 0.1) is 17.5 Å². The van der Waals surface area contributed by atoms with Crippen LogP contribution in [0.3, 0.4) is 0 Å². The summed E-state index contributed by atoms with van der Waals surface area (Å²) in [7, 11) is 0. The van der Waals surface area contributed by atoms with Gasteiger partial charge in [-0.05, 0) is 25.5 Å². The van der Waals surface area contributed by atoms with Crippen LogP contribution in [0.5, 0.6) is 0 Å². The molecule has 0 fully saturated rings. The van der Waals surface area contributed by atoms with Gasteiger partial charge >= 0.3 is 0 Å². The van der Waals surface area contributed by atoms with E-state index >= 15 is 0 Å². The van der Waals surface area contributed by atoms with Crippen LogP contribution >= 0.6 is 11.3 Å². The maximum atomic E-state index is 13.6. The number of hydrogen-bond donors (Lipinski definition) is 1. The minimum Gasteiger partial charge on any atom is -0.253 e. The van der Waals surface area contributed by atoms with Gasteiger partial charge in [-0.2, -0.15) is 5.10 Å². The Morgan fingerprint density at radius 3 is 2.78 bits per heavy atom. The van der Waals surface area contributed by atoms with Gasteiger partial charge in [-0.15, -0.1) is 11.3 Å². The fourth-order valence-corrected chi connectivity index (χ4v) is 1.99. The Bertz CT molecular complexity index is 593. The van der Waals surface area contributed by atoms with Crippen molar-refractivity contribution in [1.29, 1.82) is 0 Å². The van der Waals surface area contributed by atoms with Crippen molar-refractivity contribution in [3.05, 3.63) is 46.0 Å². The third kappa shape index (κ3) is 2.70. The highest BCUT2D eigenvalue weighted by molar-refractivity contribution is 7.13. The molecule has 3 nitrogen and oxygen atoms in total. The van der Waals surface area contributed by atoms with E-state index in [0.29, 0.717) is 10.7 Å². The normalized spacial score (nSPS) is 11.1. The quantitative estimate of drug-likeness (QED) is 0.683. The van der Waals surface area contributed by atoms with Crippen molar-refractivity contribution in [3.8, 4) is 0 Å². The summed E-state index contributed by atoms with van der Waals surface area (Å²) in [5.74, 6) is -1.24. The number of rotatable bonds is 3. The molecule has 0 atom stereocenters. The van der Waals surface area contributed by atoms with Gasteiger partial charge in [0.25, 0.3) is 0 Å². The van der Waals surface area contributed by atoms with E-state index in [1.54, 1.807) is 6.92 Å². The minimum absolute atomic E-state index is 0.157. The first kappa shape index (κ1) is 12.6. The molecule has 1 heterocycles. The highest BCUT2D eigenvalue weighted by atomic mass is 32.1. The summed E-state index contributed by atoms with van der Waals surface area (Å²) in [4.78, 5) is 4.11. The Hall–Kier alpha value is -1.82. The van der Waals surface area contributed by atoms with Crippen molar-refractivity contribution in [2.24, 2.45) is 5.10 Å². The number of aromatic nitrogens is 1. The van der Waals surface area contributed by atoms with Crippen LogP contribution in [-0.4, -0.2) is 11.2 Å². The van der Waals surface area contributed by atoms with E-state index in [9.17, 15) is 8.78 Å². The molecular formula is C12H11F2N3S. The van der Waals surface area contributed by atoms with E-state index in [1.807, 2.05) is 12.3 Å². The molecule has 1 N–H and O–H groups in total. The molecule has 94 valence electrons. The Balaban J connectivity index is 2.16. The number of aryl methyl sites for hydroxylation is 2. The summed E-state index contributed by atoms with van der Waals surface area (Å²) in [5.41, 5.74) is 3.72. The second-order valence-corrected chi connectivity index (χ2v) is 4.61. The zero-order chi connectivity index (χ0) is 13.1. The standard InChI is InChI=1S/C12H11F2N3S/c1-7-3-4-10(13)9(11(7)14)5-15-17-12-16-8(2)6-18-12/h3-6H,1-2H3,(H,16,17). The molecule has 0 bridgehead atoms. The summed E-state index contributed by atoms with van der Waals surface area (Å²) in [6, 6.07) is 2.60. The first-order chi connectivity index (χ1) is 8.58. The molecule has 2 aromatic rings. The van der Waals surface area contributed by atoms with E-state index in [4.69, 9.17) is 0 Å². The van der Waals surface area contributed by atoms with Crippen molar-refractivity contribution in [3.63, 3.8) is 0 Å². The highest BCUT2D eigenvalue weighted by Gasteiger charge is 2.08. The Labute approximate surface area is 107 Å². The average Bonchev–Trinajstić information content (AvgIpc) is 2.74. The fourth-order valence-electron chi connectivity index (χ4n) is 1.35. The molecule has 18 heavy (non-hydrogen) atoms.